The van der Waals surface area contributed by atoms with Gasteiger partial charge in [-0.3, -0.25) is 14.4 Å². The Bertz CT molecular complexity index is 519. The van der Waals surface area contributed by atoms with Gasteiger partial charge < -0.3 is 14.6 Å². The Balaban J connectivity index is 3.43. The molecule has 0 spiro atoms. The second-order valence-electron chi connectivity index (χ2n) is 9.91. The molecule has 1 N–H and O–H groups in total. The highest BCUT2D eigenvalue weighted by atomic mass is 16.7. The molecule has 0 aromatic rings. The highest BCUT2D eigenvalue weighted by Crippen LogP contribution is 2.14. The smallest absolute Gasteiger partial charge is 0.308 e. The summed E-state index contributed by atoms with van der Waals surface area (Å²) in [6, 6.07) is 0. The predicted octanol–water partition coefficient (Wildman–Crippen LogP) is 8.50. The largest absolute Gasteiger partial charge is 0.481 e. The lowest BCUT2D eigenvalue weighted by Crippen LogP contribution is -2.21. The van der Waals surface area contributed by atoms with Crippen LogP contribution in [0.4, 0.5) is 0 Å². The summed E-state index contributed by atoms with van der Waals surface area (Å²) in [5, 5.41) is 8.59. The third kappa shape index (κ3) is 26.9. The monoisotopic (exact) mass is 498 g/mol. The number of carbonyl (C=O) groups excluding carboxylic acids is 2. The minimum Gasteiger partial charge on any atom is -0.481 e. The van der Waals surface area contributed by atoms with Crippen LogP contribution < -0.4 is 0 Å². The van der Waals surface area contributed by atoms with Crippen molar-refractivity contribution in [3.05, 3.63) is 0 Å². The highest BCUT2D eigenvalue weighted by molar-refractivity contribution is 5.71. The molecule has 0 fully saturated rings. The molecule has 0 aromatic heterocycles. The zero-order valence-electron chi connectivity index (χ0n) is 22.8. The standard InChI is InChI=1S/C29H54O6/c1-3-4-5-6-7-8-9-10-11-12-13-14-15-18-21-24-28(32)34-26(2)35-29(33)25-22-19-16-17-20-23-27(30)31/h26H,3-25H2,1-2H3,(H,30,31). The second-order valence-corrected chi connectivity index (χ2v) is 9.91. The van der Waals surface area contributed by atoms with Crippen LogP contribution in [0.5, 0.6) is 0 Å². The zero-order chi connectivity index (χ0) is 26.0. The Labute approximate surface area is 214 Å². The van der Waals surface area contributed by atoms with E-state index in [9.17, 15) is 14.4 Å². The van der Waals surface area contributed by atoms with Gasteiger partial charge in [-0.15, -0.1) is 0 Å². The first kappa shape index (κ1) is 33.4. The maximum atomic E-state index is 11.9. The Morgan fingerprint density at radius 2 is 0.800 bits per heavy atom. The lowest BCUT2D eigenvalue weighted by Gasteiger charge is -2.14. The molecule has 6 nitrogen and oxygen atoms in total. The molecule has 0 saturated carbocycles. The fraction of sp³-hybridized carbons (Fsp3) is 0.897. The number of esters is 2. The van der Waals surface area contributed by atoms with E-state index in [2.05, 4.69) is 6.92 Å². The summed E-state index contributed by atoms with van der Waals surface area (Å²) in [6.45, 7) is 3.84. The van der Waals surface area contributed by atoms with E-state index >= 15 is 0 Å². The molecule has 0 heterocycles. The normalized spacial score (nSPS) is 11.8. The van der Waals surface area contributed by atoms with Crippen LogP contribution in [0.25, 0.3) is 0 Å². The third-order valence-electron chi connectivity index (χ3n) is 6.35. The second kappa shape index (κ2) is 25.5. The van der Waals surface area contributed by atoms with Gasteiger partial charge in [0.1, 0.15) is 0 Å². The molecule has 0 aliphatic heterocycles. The molecular weight excluding hydrogens is 444 g/mol. The number of ether oxygens (including phenoxy) is 2. The van der Waals surface area contributed by atoms with Crippen LogP contribution in [-0.4, -0.2) is 29.3 Å². The van der Waals surface area contributed by atoms with Gasteiger partial charge in [-0.25, -0.2) is 0 Å². The summed E-state index contributed by atoms with van der Waals surface area (Å²) in [4.78, 5) is 34.2. The molecule has 206 valence electrons. The molecule has 0 radical (unpaired) electrons. The number of carboxylic acid groups (broad SMARTS) is 1. The van der Waals surface area contributed by atoms with Gasteiger partial charge in [0, 0.05) is 26.2 Å². The number of hydrogen-bond donors (Lipinski definition) is 1. The lowest BCUT2D eigenvalue weighted by molar-refractivity contribution is -0.184. The first-order valence-electron chi connectivity index (χ1n) is 14.6. The Kier molecular flexibility index (Phi) is 24.3. The van der Waals surface area contributed by atoms with Crippen molar-refractivity contribution in [2.24, 2.45) is 0 Å². The van der Waals surface area contributed by atoms with Crippen LogP contribution in [0.2, 0.25) is 0 Å². The molecule has 0 aliphatic rings. The molecule has 0 aromatic carbocycles. The summed E-state index contributed by atoms with van der Waals surface area (Å²) in [6.07, 6.45) is 23.3. The Morgan fingerprint density at radius 3 is 1.11 bits per heavy atom. The van der Waals surface area contributed by atoms with E-state index < -0.39 is 12.3 Å². The van der Waals surface area contributed by atoms with E-state index in [0.29, 0.717) is 25.7 Å². The fourth-order valence-electron chi connectivity index (χ4n) is 4.23. The summed E-state index contributed by atoms with van der Waals surface area (Å²) in [5.74, 6) is -1.43. The van der Waals surface area contributed by atoms with Crippen LogP contribution in [-0.2, 0) is 23.9 Å². The van der Waals surface area contributed by atoms with Crippen LogP contribution in [0.3, 0.4) is 0 Å². The van der Waals surface area contributed by atoms with Crippen molar-refractivity contribution in [1.29, 1.82) is 0 Å². The number of rotatable bonds is 26. The number of carbonyl (C=O) groups is 3. The molecule has 1 atom stereocenters. The van der Waals surface area contributed by atoms with Crippen molar-refractivity contribution in [3.8, 4) is 0 Å². The van der Waals surface area contributed by atoms with Gasteiger partial charge in [-0.05, 0) is 19.3 Å². The quantitative estimate of drug-likeness (QED) is 0.0730. The van der Waals surface area contributed by atoms with E-state index in [1.165, 1.54) is 77.0 Å². The SMILES string of the molecule is CCCCCCCCCCCCCCCCCC(=O)OC(C)OC(=O)CCCCCCCC(=O)O. The van der Waals surface area contributed by atoms with Gasteiger partial charge >= 0.3 is 17.9 Å². The summed E-state index contributed by atoms with van der Waals surface area (Å²) < 4.78 is 10.3. The fourth-order valence-corrected chi connectivity index (χ4v) is 4.23. The minimum atomic E-state index is -0.845. The molecule has 1 unspecified atom stereocenters. The van der Waals surface area contributed by atoms with E-state index in [1.807, 2.05) is 0 Å². The third-order valence-corrected chi connectivity index (χ3v) is 6.35. The van der Waals surface area contributed by atoms with E-state index in [-0.39, 0.29) is 18.4 Å². The lowest BCUT2D eigenvalue weighted by atomic mass is 10.0. The number of aliphatic carboxylic acids is 1. The maximum absolute atomic E-state index is 11.9. The van der Waals surface area contributed by atoms with Gasteiger partial charge in [0.15, 0.2) is 0 Å². The van der Waals surface area contributed by atoms with Gasteiger partial charge in [0.2, 0.25) is 6.29 Å². The van der Waals surface area contributed by atoms with Crippen molar-refractivity contribution >= 4 is 17.9 Å². The molecule has 0 amide bonds. The zero-order valence-corrected chi connectivity index (χ0v) is 22.8. The number of hydrogen-bond acceptors (Lipinski definition) is 5. The molecule has 0 saturated heterocycles. The molecule has 6 heteroatoms. The first-order chi connectivity index (χ1) is 17.0. The van der Waals surface area contributed by atoms with Crippen molar-refractivity contribution < 1.29 is 29.0 Å². The summed E-state index contributed by atoms with van der Waals surface area (Å²) in [5.41, 5.74) is 0. The molecule has 0 aliphatic carbocycles. The van der Waals surface area contributed by atoms with Gasteiger partial charge in [0.25, 0.3) is 0 Å². The van der Waals surface area contributed by atoms with Crippen LogP contribution >= 0.6 is 0 Å². The average Bonchev–Trinajstić information content (AvgIpc) is 2.80. The summed E-state index contributed by atoms with van der Waals surface area (Å²) >= 11 is 0. The summed E-state index contributed by atoms with van der Waals surface area (Å²) in [7, 11) is 0. The van der Waals surface area contributed by atoms with E-state index in [0.717, 1.165) is 38.5 Å². The molecule has 0 bridgehead atoms. The van der Waals surface area contributed by atoms with Crippen molar-refractivity contribution in [2.45, 2.75) is 168 Å². The van der Waals surface area contributed by atoms with Crippen LogP contribution in [0, 0.1) is 0 Å². The number of unbranched alkanes of at least 4 members (excludes halogenated alkanes) is 18. The van der Waals surface area contributed by atoms with Crippen molar-refractivity contribution in [3.63, 3.8) is 0 Å². The van der Waals surface area contributed by atoms with Gasteiger partial charge in [0.05, 0.1) is 0 Å². The predicted molar refractivity (Wildman–Crippen MR) is 141 cm³/mol. The Morgan fingerprint density at radius 1 is 0.514 bits per heavy atom. The van der Waals surface area contributed by atoms with E-state index in [4.69, 9.17) is 14.6 Å². The van der Waals surface area contributed by atoms with Crippen LogP contribution in [0.1, 0.15) is 162 Å². The van der Waals surface area contributed by atoms with Gasteiger partial charge in [-0.1, -0.05) is 116 Å². The average molecular weight is 499 g/mol. The Hall–Kier alpha value is -1.59. The molecule has 0 rings (SSSR count). The topological polar surface area (TPSA) is 89.9 Å². The van der Waals surface area contributed by atoms with Gasteiger partial charge in [-0.2, -0.15) is 0 Å². The van der Waals surface area contributed by atoms with Crippen molar-refractivity contribution in [1.82, 2.24) is 0 Å². The highest BCUT2D eigenvalue weighted by Gasteiger charge is 2.13. The first-order valence-corrected chi connectivity index (χ1v) is 14.6. The van der Waals surface area contributed by atoms with Crippen LogP contribution in [0.15, 0.2) is 0 Å². The number of carboxylic acids is 1. The van der Waals surface area contributed by atoms with Crippen molar-refractivity contribution in [2.75, 3.05) is 0 Å². The molecular formula is C29H54O6. The maximum Gasteiger partial charge on any atom is 0.308 e. The molecule has 35 heavy (non-hydrogen) atoms. The minimum absolute atomic E-state index is 0.199. The van der Waals surface area contributed by atoms with E-state index in [1.54, 1.807) is 6.92 Å².